The first-order chi connectivity index (χ1) is 9.63. The number of nitrogens with one attached hydrogen (secondary N) is 1. The fourth-order valence-corrected chi connectivity index (χ4v) is 2.25. The second-order valence-corrected chi connectivity index (χ2v) is 4.74. The summed E-state index contributed by atoms with van der Waals surface area (Å²) in [4.78, 5) is 9.16. The largest absolute Gasteiger partial charge is 0.370 e. The lowest BCUT2D eigenvalue weighted by Gasteiger charge is -2.13. The molecule has 0 bridgehead atoms. The van der Waals surface area contributed by atoms with Crippen LogP contribution in [0, 0.1) is 12.7 Å². The van der Waals surface area contributed by atoms with Crippen LogP contribution in [0.5, 0.6) is 0 Å². The van der Waals surface area contributed by atoms with Gasteiger partial charge in [-0.1, -0.05) is 19.1 Å². The Bertz CT molecular complexity index is 579. The predicted octanol–water partition coefficient (Wildman–Crippen LogP) is 3.51. The van der Waals surface area contributed by atoms with Crippen LogP contribution in [0.25, 0.3) is 0 Å². The highest BCUT2D eigenvalue weighted by atomic mass is 19.1. The Balaban J connectivity index is 2.30. The Morgan fingerprint density at radius 3 is 2.40 bits per heavy atom. The lowest BCUT2D eigenvalue weighted by atomic mass is 10.1. The maximum Gasteiger partial charge on any atom is 0.135 e. The lowest BCUT2D eigenvalue weighted by Crippen LogP contribution is -2.10. The SMILES string of the molecule is CCNc1nc(Cc2ccc(F)cc2)nc(C)c1CC. The van der Waals surface area contributed by atoms with Gasteiger partial charge in [0.2, 0.25) is 0 Å². The number of anilines is 1. The standard InChI is InChI=1S/C16H20FN3/c1-4-14-11(3)19-15(20-16(14)18-5-2)10-12-6-8-13(17)9-7-12/h6-9H,4-5,10H2,1-3H3,(H,18,19,20). The zero-order valence-corrected chi connectivity index (χ0v) is 12.2. The van der Waals surface area contributed by atoms with Crippen molar-refractivity contribution >= 4 is 5.82 Å². The highest BCUT2D eigenvalue weighted by Crippen LogP contribution is 2.18. The third-order valence-corrected chi connectivity index (χ3v) is 3.23. The summed E-state index contributed by atoms with van der Waals surface area (Å²) in [6.45, 7) is 7.00. The van der Waals surface area contributed by atoms with E-state index in [9.17, 15) is 4.39 Å². The molecule has 0 aliphatic rings. The van der Waals surface area contributed by atoms with Crippen LogP contribution in [0.2, 0.25) is 0 Å². The molecule has 1 aromatic heterocycles. The second kappa shape index (κ2) is 6.46. The van der Waals surface area contributed by atoms with E-state index < -0.39 is 0 Å². The summed E-state index contributed by atoms with van der Waals surface area (Å²) < 4.78 is 12.9. The molecule has 0 atom stereocenters. The summed E-state index contributed by atoms with van der Waals surface area (Å²) >= 11 is 0. The molecule has 106 valence electrons. The third-order valence-electron chi connectivity index (χ3n) is 3.23. The van der Waals surface area contributed by atoms with Gasteiger partial charge in [-0.05, 0) is 38.0 Å². The molecule has 20 heavy (non-hydrogen) atoms. The van der Waals surface area contributed by atoms with E-state index in [-0.39, 0.29) is 5.82 Å². The van der Waals surface area contributed by atoms with Gasteiger partial charge in [-0.2, -0.15) is 0 Å². The van der Waals surface area contributed by atoms with Gasteiger partial charge in [0, 0.05) is 24.2 Å². The summed E-state index contributed by atoms with van der Waals surface area (Å²) in [6.07, 6.45) is 1.52. The number of aryl methyl sites for hydroxylation is 1. The molecule has 0 aliphatic carbocycles. The lowest BCUT2D eigenvalue weighted by molar-refractivity contribution is 0.627. The van der Waals surface area contributed by atoms with Crippen LogP contribution in [0.1, 0.15) is 36.5 Å². The van der Waals surface area contributed by atoms with Crippen molar-refractivity contribution < 1.29 is 4.39 Å². The van der Waals surface area contributed by atoms with Crippen LogP contribution in [-0.2, 0) is 12.8 Å². The van der Waals surface area contributed by atoms with E-state index >= 15 is 0 Å². The van der Waals surface area contributed by atoms with Gasteiger partial charge in [0.15, 0.2) is 0 Å². The summed E-state index contributed by atoms with van der Waals surface area (Å²) in [7, 11) is 0. The van der Waals surface area contributed by atoms with Crippen LogP contribution < -0.4 is 5.32 Å². The van der Waals surface area contributed by atoms with Gasteiger partial charge in [-0.15, -0.1) is 0 Å². The first-order valence-corrected chi connectivity index (χ1v) is 6.98. The number of halogens is 1. The van der Waals surface area contributed by atoms with E-state index in [1.165, 1.54) is 12.1 Å². The van der Waals surface area contributed by atoms with Crippen molar-refractivity contribution in [2.45, 2.75) is 33.6 Å². The highest BCUT2D eigenvalue weighted by Gasteiger charge is 2.10. The van der Waals surface area contributed by atoms with Crippen molar-refractivity contribution in [3.8, 4) is 0 Å². The fourth-order valence-electron chi connectivity index (χ4n) is 2.25. The molecule has 0 aliphatic heterocycles. The zero-order chi connectivity index (χ0) is 14.5. The van der Waals surface area contributed by atoms with Gasteiger partial charge in [-0.3, -0.25) is 0 Å². The van der Waals surface area contributed by atoms with Crippen molar-refractivity contribution in [1.29, 1.82) is 0 Å². The number of hydrogen-bond donors (Lipinski definition) is 1. The van der Waals surface area contributed by atoms with Gasteiger partial charge in [0.1, 0.15) is 17.5 Å². The molecule has 0 saturated heterocycles. The Morgan fingerprint density at radius 2 is 1.80 bits per heavy atom. The third kappa shape index (κ3) is 3.32. The first kappa shape index (κ1) is 14.4. The first-order valence-electron chi connectivity index (χ1n) is 6.98. The molecule has 0 spiro atoms. The molecule has 1 aromatic carbocycles. The molecule has 4 heteroatoms. The Labute approximate surface area is 119 Å². The van der Waals surface area contributed by atoms with E-state index in [1.54, 1.807) is 12.1 Å². The molecular weight excluding hydrogens is 253 g/mol. The summed E-state index contributed by atoms with van der Waals surface area (Å²) in [5.41, 5.74) is 3.18. The topological polar surface area (TPSA) is 37.8 Å². The maximum atomic E-state index is 12.9. The molecule has 2 rings (SSSR count). The molecule has 0 unspecified atom stereocenters. The quantitative estimate of drug-likeness (QED) is 0.906. The van der Waals surface area contributed by atoms with Crippen molar-refractivity contribution in [2.75, 3.05) is 11.9 Å². The van der Waals surface area contributed by atoms with Gasteiger partial charge in [-0.25, -0.2) is 14.4 Å². The minimum Gasteiger partial charge on any atom is -0.370 e. The van der Waals surface area contributed by atoms with E-state index in [1.807, 2.05) is 6.92 Å². The van der Waals surface area contributed by atoms with E-state index in [4.69, 9.17) is 0 Å². The van der Waals surface area contributed by atoms with Crippen molar-refractivity contribution in [3.63, 3.8) is 0 Å². The highest BCUT2D eigenvalue weighted by molar-refractivity contribution is 5.46. The van der Waals surface area contributed by atoms with Crippen LogP contribution in [0.15, 0.2) is 24.3 Å². The zero-order valence-electron chi connectivity index (χ0n) is 12.2. The van der Waals surface area contributed by atoms with Gasteiger partial charge < -0.3 is 5.32 Å². The van der Waals surface area contributed by atoms with Crippen LogP contribution >= 0.6 is 0 Å². The maximum absolute atomic E-state index is 12.9. The molecule has 0 saturated carbocycles. The van der Waals surface area contributed by atoms with Crippen LogP contribution in [-0.4, -0.2) is 16.5 Å². The van der Waals surface area contributed by atoms with Crippen LogP contribution in [0.3, 0.4) is 0 Å². The monoisotopic (exact) mass is 273 g/mol. The van der Waals surface area contributed by atoms with Gasteiger partial charge in [0.25, 0.3) is 0 Å². The van der Waals surface area contributed by atoms with E-state index in [2.05, 4.69) is 29.1 Å². The number of rotatable bonds is 5. The summed E-state index contributed by atoms with van der Waals surface area (Å²) in [5, 5.41) is 3.29. The number of hydrogen-bond acceptors (Lipinski definition) is 3. The molecule has 2 aromatic rings. The molecule has 1 heterocycles. The summed E-state index contributed by atoms with van der Waals surface area (Å²) in [5.74, 6) is 1.46. The van der Waals surface area contributed by atoms with Crippen LogP contribution in [0.4, 0.5) is 10.2 Å². The molecule has 0 fully saturated rings. The van der Waals surface area contributed by atoms with Gasteiger partial charge in [0.05, 0.1) is 0 Å². The van der Waals surface area contributed by atoms with Gasteiger partial charge >= 0.3 is 0 Å². The fraction of sp³-hybridized carbons (Fsp3) is 0.375. The van der Waals surface area contributed by atoms with E-state index in [0.29, 0.717) is 6.42 Å². The average molecular weight is 273 g/mol. The molecule has 1 N–H and O–H groups in total. The average Bonchev–Trinajstić information content (AvgIpc) is 2.42. The second-order valence-electron chi connectivity index (χ2n) is 4.74. The Kier molecular flexibility index (Phi) is 4.66. The van der Waals surface area contributed by atoms with Crippen molar-refractivity contribution in [1.82, 2.24) is 9.97 Å². The molecule has 0 amide bonds. The Morgan fingerprint density at radius 1 is 1.10 bits per heavy atom. The number of nitrogens with zero attached hydrogens (tertiary/aromatic N) is 2. The smallest absolute Gasteiger partial charge is 0.135 e. The number of aromatic nitrogens is 2. The van der Waals surface area contributed by atoms with Crippen molar-refractivity contribution in [2.24, 2.45) is 0 Å². The molecular formula is C16H20FN3. The minimum absolute atomic E-state index is 0.222. The van der Waals surface area contributed by atoms with Crippen molar-refractivity contribution in [3.05, 3.63) is 52.7 Å². The predicted molar refractivity (Wildman–Crippen MR) is 79.5 cm³/mol. The Hall–Kier alpha value is -1.97. The summed E-state index contributed by atoms with van der Waals surface area (Å²) in [6, 6.07) is 6.48. The normalized spacial score (nSPS) is 10.6. The minimum atomic E-state index is -0.222. The van der Waals surface area contributed by atoms with E-state index in [0.717, 1.165) is 41.4 Å². The molecule has 3 nitrogen and oxygen atoms in total. The molecule has 0 radical (unpaired) electrons. The number of benzene rings is 1.